The summed E-state index contributed by atoms with van der Waals surface area (Å²) in [5.74, 6) is 0.931. The molecular formula is C15H23NO2. The molecule has 100 valence electrons. The van der Waals surface area contributed by atoms with Crippen LogP contribution in [0.15, 0.2) is 24.3 Å². The first-order chi connectivity index (χ1) is 8.79. The van der Waals surface area contributed by atoms with Gasteiger partial charge >= 0.3 is 0 Å². The summed E-state index contributed by atoms with van der Waals surface area (Å²) in [6.45, 7) is 6.22. The highest BCUT2D eigenvalue weighted by atomic mass is 16.5. The van der Waals surface area contributed by atoms with Gasteiger partial charge in [-0.25, -0.2) is 0 Å². The summed E-state index contributed by atoms with van der Waals surface area (Å²) in [5, 5.41) is 0. The van der Waals surface area contributed by atoms with Gasteiger partial charge in [-0.05, 0) is 37.5 Å². The normalized spacial score (nSPS) is 18.6. The first-order valence-electron chi connectivity index (χ1n) is 6.74. The maximum absolute atomic E-state index is 5.38. The van der Waals surface area contributed by atoms with Gasteiger partial charge < -0.3 is 9.47 Å². The molecule has 1 atom stereocenters. The third-order valence-electron chi connectivity index (χ3n) is 3.68. The van der Waals surface area contributed by atoms with Crippen LogP contribution >= 0.6 is 0 Å². The Morgan fingerprint density at radius 1 is 1.22 bits per heavy atom. The van der Waals surface area contributed by atoms with Gasteiger partial charge in [0.15, 0.2) is 0 Å². The van der Waals surface area contributed by atoms with Gasteiger partial charge in [-0.1, -0.05) is 12.1 Å². The number of morpholine rings is 1. The van der Waals surface area contributed by atoms with Gasteiger partial charge in [0.2, 0.25) is 0 Å². The molecule has 1 heterocycles. The third-order valence-corrected chi connectivity index (χ3v) is 3.68. The van der Waals surface area contributed by atoms with Gasteiger partial charge in [0.25, 0.3) is 0 Å². The van der Waals surface area contributed by atoms with Crippen molar-refractivity contribution in [2.45, 2.75) is 25.8 Å². The third kappa shape index (κ3) is 3.72. The summed E-state index contributed by atoms with van der Waals surface area (Å²) in [7, 11) is 1.70. The topological polar surface area (TPSA) is 21.7 Å². The van der Waals surface area contributed by atoms with Gasteiger partial charge in [0, 0.05) is 19.1 Å². The molecule has 0 aliphatic carbocycles. The van der Waals surface area contributed by atoms with Crippen LogP contribution in [-0.4, -0.2) is 44.4 Å². The molecule has 1 aromatic carbocycles. The van der Waals surface area contributed by atoms with E-state index in [1.807, 2.05) is 12.1 Å². The van der Waals surface area contributed by atoms with Crippen LogP contribution in [0.1, 0.15) is 18.9 Å². The molecule has 1 aromatic rings. The fourth-order valence-electron chi connectivity index (χ4n) is 2.37. The minimum absolute atomic E-state index is 0.635. The second kappa shape index (κ2) is 6.76. The summed E-state index contributed by atoms with van der Waals surface area (Å²) in [6, 6.07) is 9.02. The number of rotatable bonds is 5. The Hall–Kier alpha value is -1.06. The van der Waals surface area contributed by atoms with Gasteiger partial charge in [-0.15, -0.1) is 0 Å². The molecule has 0 bridgehead atoms. The largest absolute Gasteiger partial charge is 0.497 e. The number of hydrogen-bond donors (Lipinski definition) is 0. The molecular weight excluding hydrogens is 226 g/mol. The molecule has 0 amide bonds. The molecule has 1 fully saturated rings. The zero-order valence-corrected chi connectivity index (χ0v) is 11.4. The van der Waals surface area contributed by atoms with Crippen molar-refractivity contribution in [1.82, 2.24) is 4.90 Å². The van der Waals surface area contributed by atoms with Crippen molar-refractivity contribution >= 4 is 0 Å². The molecule has 3 heteroatoms. The standard InChI is InChI=1S/C15H23NO2/c1-13(16-9-11-18-12-10-16)3-4-14-5-7-15(17-2)8-6-14/h5-8,13H,3-4,9-12H2,1-2H3/t13-/m0/s1. The van der Waals surface area contributed by atoms with Crippen molar-refractivity contribution in [1.29, 1.82) is 0 Å². The van der Waals surface area contributed by atoms with Crippen molar-refractivity contribution < 1.29 is 9.47 Å². The van der Waals surface area contributed by atoms with Crippen LogP contribution in [0.5, 0.6) is 5.75 Å². The van der Waals surface area contributed by atoms with E-state index in [2.05, 4.69) is 24.0 Å². The van der Waals surface area contributed by atoms with Crippen LogP contribution < -0.4 is 4.74 Å². The molecule has 3 nitrogen and oxygen atoms in total. The lowest BCUT2D eigenvalue weighted by molar-refractivity contribution is 0.0187. The molecule has 0 radical (unpaired) electrons. The summed E-state index contributed by atoms with van der Waals surface area (Å²) >= 11 is 0. The quantitative estimate of drug-likeness (QED) is 0.799. The first-order valence-corrected chi connectivity index (χ1v) is 6.74. The van der Waals surface area contributed by atoms with E-state index in [0.717, 1.165) is 38.5 Å². The summed E-state index contributed by atoms with van der Waals surface area (Å²) in [5.41, 5.74) is 1.39. The van der Waals surface area contributed by atoms with Crippen LogP contribution in [-0.2, 0) is 11.2 Å². The van der Waals surface area contributed by atoms with E-state index in [0.29, 0.717) is 6.04 Å². The SMILES string of the molecule is COc1ccc(CC[C@H](C)N2CCOCC2)cc1. The maximum atomic E-state index is 5.38. The lowest BCUT2D eigenvalue weighted by Gasteiger charge is -2.32. The average Bonchev–Trinajstić information content (AvgIpc) is 2.46. The number of hydrogen-bond acceptors (Lipinski definition) is 3. The van der Waals surface area contributed by atoms with E-state index in [1.165, 1.54) is 12.0 Å². The summed E-state index contributed by atoms with van der Waals surface area (Å²) < 4.78 is 10.6. The van der Waals surface area contributed by atoms with Crippen LogP contribution in [0.25, 0.3) is 0 Å². The number of benzene rings is 1. The molecule has 0 unspecified atom stereocenters. The van der Waals surface area contributed by atoms with Crippen LogP contribution in [0.3, 0.4) is 0 Å². The van der Waals surface area contributed by atoms with E-state index >= 15 is 0 Å². The van der Waals surface area contributed by atoms with Crippen molar-refractivity contribution in [3.63, 3.8) is 0 Å². The highest BCUT2D eigenvalue weighted by Gasteiger charge is 2.16. The molecule has 1 saturated heterocycles. The highest BCUT2D eigenvalue weighted by molar-refractivity contribution is 5.27. The van der Waals surface area contributed by atoms with Crippen LogP contribution in [0.4, 0.5) is 0 Å². The average molecular weight is 249 g/mol. The smallest absolute Gasteiger partial charge is 0.118 e. The van der Waals surface area contributed by atoms with Crippen LogP contribution in [0, 0.1) is 0 Å². The van der Waals surface area contributed by atoms with Crippen molar-refractivity contribution in [2.24, 2.45) is 0 Å². The Labute approximate surface area is 110 Å². The van der Waals surface area contributed by atoms with Gasteiger partial charge in [-0.3, -0.25) is 4.90 Å². The Morgan fingerprint density at radius 3 is 2.50 bits per heavy atom. The minimum Gasteiger partial charge on any atom is -0.497 e. The fourth-order valence-corrected chi connectivity index (χ4v) is 2.37. The Morgan fingerprint density at radius 2 is 1.89 bits per heavy atom. The van der Waals surface area contributed by atoms with Crippen molar-refractivity contribution in [3.05, 3.63) is 29.8 Å². The Kier molecular flexibility index (Phi) is 5.02. The highest BCUT2D eigenvalue weighted by Crippen LogP contribution is 2.15. The van der Waals surface area contributed by atoms with Crippen molar-refractivity contribution in [2.75, 3.05) is 33.4 Å². The number of ether oxygens (including phenoxy) is 2. The second-order valence-electron chi connectivity index (χ2n) is 4.88. The Bertz CT molecular complexity index is 344. The molecule has 18 heavy (non-hydrogen) atoms. The molecule has 1 aliphatic heterocycles. The van der Waals surface area contributed by atoms with E-state index in [9.17, 15) is 0 Å². The minimum atomic E-state index is 0.635. The van der Waals surface area contributed by atoms with E-state index < -0.39 is 0 Å². The predicted octanol–water partition coefficient (Wildman–Crippen LogP) is 2.35. The summed E-state index contributed by atoms with van der Waals surface area (Å²) in [4.78, 5) is 2.52. The molecule has 2 rings (SSSR count). The van der Waals surface area contributed by atoms with Crippen molar-refractivity contribution in [3.8, 4) is 5.75 Å². The maximum Gasteiger partial charge on any atom is 0.118 e. The molecule has 0 saturated carbocycles. The number of methoxy groups -OCH3 is 1. The number of aryl methyl sites for hydroxylation is 1. The zero-order chi connectivity index (χ0) is 12.8. The van der Waals surface area contributed by atoms with E-state index in [-0.39, 0.29) is 0 Å². The predicted molar refractivity (Wildman–Crippen MR) is 73.2 cm³/mol. The van der Waals surface area contributed by atoms with Gasteiger partial charge in [-0.2, -0.15) is 0 Å². The first kappa shape index (κ1) is 13.4. The van der Waals surface area contributed by atoms with Crippen LogP contribution in [0.2, 0.25) is 0 Å². The molecule has 0 aromatic heterocycles. The Balaban J connectivity index is 1.78. The van der Waals surface area contributed by atoms with Gasteiger partial charge in [0.05, 0.1) is 20.3 Å². The lowest BCUT2D eigenvalue weighted by atomic mass is 10.0. The van der Waals surface area contributed by atoms with Gasteiger partial charge in [0.1, 0.15) is 5.75 Å². The molecule has 0 N–H and O–H groups in total. The fraction of sp³-hybridized carbons (Fsp3) is 0.600. The molecule has 0 spiro atoms. The molecule has 1 aliphatic rings. The summed E-state index contributed by atoms with van der Waals surface area (Å²) in [6.07, 6.45) is 2.33. The lowest BCUT2D eigenvalue weighted by Crippen LogP contribution is -2.42. The van der Waals surface area contributed by atoms with E-state index in [4.69, 9.17) is 9.47 Å². The monoisotopic (exact) mass is 249 g/mol. The second-order valence-corrected chi connectivity index (χ2v) is 4.88. The van der Waals surface area contributed by atoms with E-state index in [1.54, 1.807) is 7.11 Å². The number of nitrogens with zero attached hydrogens (tertiary/aromatic N) is 1. The zero-order valence-electron chi connectivity index (χ0n) is 11.4.